The van der Waals surface area contributed by atoms with Crippen molar-refractivity contribution in [2.45, 2.75) is 52.9 Å². The number of furan rings is 1. The van der Waals surface area contributed by atoms with E-state index in [9.17, 15) is 0 Å². The number of hydrogen-bond acceptors (Lipinski definition) is 2. The molecule has 0 fully saturated rings. The Morgan fingerprint density at radius 2 is 1.71 bits per heavy atom. The van der Waals surface area contributed by atoms with Crippen molar-refractivity contribution in [1.29, 1.82) is 0 Å². The first-order chi connectivity index (χ1) is 23.4. The first-order valence-corrected chi connectivity index (χ1v) is 17.2. The molecule has 1 unspecified atom stereocenters. The molecule has 0 amide bonds. The third-order valence-corrected chi connectivity index (χ3v) is 10.2. The average molecular weight is 624 g/mol. The minimum absolute atomic E-state index is 0.536. The maximum absolute atomic E-state index is 6.89. The number of allylic oxidation sites excluding steroid dienone is 5. The van der Waals surface area contributed by atoms with E-state index in [1.165, 1.54) is 50.1 Å². The van der Waals surface area contributed by atoms with Crippen molar-refractivity contribution in [2.24, 2.45) is 0 Å². The second kappa shape index (κ2) is 12.0. The lowest BCUT2D eigenvalue weighted by Gasteiger charge is -2.25. The monoisotopic (exact) mass is 623 g/mol. The fourth-order valence-electron chi connectivity index (χ4n) is 7.70. The second-order valence-corrected chi connectivity index (χ2v) is 13.5. The number of hydrogen-bond donors (Lipinski definition) is 0. The van der Waals surface area contributed by atoms with Crippen LogP contribution in [0.3, 0.4) is 0 Å². The van der Waals surface area contributed by atoms with Crippen LogP contribution in [0.5, 0.6) is 0 Å². The highest BCUT2D eigenvalue weighted by Crippen LogP contribution is 2.46. The summed E-state index contributed by atoms with van der Waals surface area (Å²) in [4.78, 5) is 2.26. The molecule has 1 aliphatic heterocycles. The van der Waals surface area contributed by atoms with Crippen LogP contribution in [0.1, 0.15) is 66.0 Å². The zero-order chi connectivity index (χ0) is 32.9. The van der Waals surface area contributed by atoms with E-state index in [-0.39, 0.29) is 0 Å². The van der Waals surface area contributed by atoms with Crippen LogP contribution in [0.25, 0.3) is 55.8 Å². The average Bonchev–Trinajstić information content (AvgIpc) is 3.45. The number of aryl methyl sites for hydroxylation is 2. The highest BCUT2D eigenvalue weighted by molar-refractivity contribution is 6.13. The van der Waals surface area contributed by atoms with Crippen molar-refractivity contribution in [3.63, 3.8) is 0 Å². The molecule has 1 aliphatic carbocycles. The van der Waals surface area contributed by atoms with E-state index < -0.39 is 0 Å². The molecule has 2 heterocycles. The van der Waals surface area contributed by atoms with E-state index in [0.717, 1.165) is 63.7 Å². The summed E-state index contributed by atoms with van der Waals surface area (Å²) in [6, 6.07) is 31.4. The Morgan fingerprint density at radius 3 is 2.58 bits per heavy atom. The fourth-order valence-corrected chi connectivity index (χ4v) is 7.70. The molecular weight excluding hydrogens is 583 g/mol. The lowest BCUT2D eigenvalue weighted by Crippen LogP contribution is -2.11. The van der Waals surface area contributed by atoms with Gasteiger partial charge in [0, 0.05) is 33.8 Å². The lowest BCUT2D eigenvalue weighted by molar-refractivity contribution is 0.669. The number of fused-ring (bicyclic) bond motifs is 5. The Labute approximate surface area is 284 Å². The molecule has 236 valence electrons. The van der Waals surface area contributed by atoms with Gasteiger partial charge in [-0.15, -0.1) is 0 Å². The van der Waals surface area contributed by atoms with Crippen LogP contribution in [0.15, 0.2) is 126 Å². The summed E-state index contributed by atoms with van der Waals surface area (Å²) in [6.45, 7) is 13.4. The molecule has 48 heavy (non-hydrogen) atoms. The van der Waals surface area contributed by atoms with Gasteiger partial charge in [0.1, 0.15) is 11.2 Å². The molecule has 2 nitrogen and oxygen atoms in total. The minimum atomic E-state index is 0.536. The standard InChI is InChI=1S/C46H41NO/c1-6-12-33-19-18-29(2)25-40(33)45-32(5)39(35-20-22-37-30(3)14-11-15-34(37)26-35)28-42-41-27-36(21-23-44(41)48-46(42)45)47-24-10-9-13-31(4)38-16-7-8-17-43(38)47/h7-11,13,15-28,30H,4,6,12,14H2,1-3,5H3/b13-9-,24-10-. The van der Waals surface area contributed by atoms with E-state index in [4.69, 9.17) is 4.42 Å². The van der Waals surface area contributed by atoms with Crippen LogP contribution >= 0.6 is 0 Å². The van der Waals surface area contributed by atoms with Crippen LogP contribution < -0.4 is 4.90 Å². The Bertz CT molecular complexity index is 2340. The molecule has 6 aromatic rings. The molecular formula is C46H41NO. The van der Waals surface area contributed by atoms with Gasteiger partial charge >= 0.3 is 0 Å². The van der Waals surface area contributed by atoms with Gasteiger partial charge in [-0.2, -0.15) is 0 Å². The normalized spacial score (nSPS) is 16.9. The van der Waals surface area contributed by atoms with Crippen molar-refractivity contribution in [2.75, 3.05) is 4.90 Å². The lowest BCUT2D eigenvalue weighted by atomic mass is 9.84. The zero-order valence-corrected chi connectivity index (χ0v) is 28.3. The maximum Gasteiger partial charge on any atom is 0.143 e. The molecule has 1 aromatic heterocycles. The topological polar surface area (TPSA) is 16.4 Å². The van der Waals surface area contributed by atoms with Gasteiger partial charge in [-0.05, 0) is 120 Å². The molecule has 2 aliphatic rings. The van der Waals surface area contributed by atoms with E-state index in [2.05, 4.69) is 161 Å². The molecule has 0 radical (unpaired) electrons. The molecule has 0 spiro atoms. The van der Waals surface area contributed by atoms with E-state index in [1.54, 1.807) is 0 Å². The van der Waals surface area contributed by atoms with Gasteiger partial charge in [-0.1, -0.05) is 105 Å². The van der Waals surface area contributed by atoms with Crippen molar-refractivity contribution >= 4 is 45.0 Å². The Morgan fingerprint density at radius 1 is 0.833 bits per heavy atom. The van der Waals surface area contributed by atoms with Crippen LogP contribution in [0, 0.1) is 13.8 Å². The smallest absolute Gasteiger partial charge is 0.143 e. The van der Waals surface area contributed by atoms with E-state index in [0.29, 0.717) is 5.92 Å². The summed E-state index contributed by atoms with van der Waals surface area (Å²) < 4.78 is 6.89. The van der Waals surface area contributed by atoms with Crippen molar-refractivity contribution in [1.82, 2.24) is 0 Å². The SMILES string of the molecule is C=C1/C=C\C=C/N(c2ccc3oc4c(-c5cc(C)ccc5CCC)c(C)c(-c5ccc6c(c5)C=CCC6C)cc4c3c2)c2ccccc21. The first kappa shape index (κ1) is 30.0. The van der Waals surface area contributed by atoms with Gasteiger partial charge in [-0.3, -0.25) is 0 Å². The van der Waals surface area contributed by atoms with E-state index >= 15 is 0 Å². The summed E-state index contributed by atoms with van der Waals surface area (Å²) in [5, 5.41) is 2.25. The molecule has 0 N–H and O–H groups in total. The van der Waals surface area contributed by atoms with Gasteiger partial charge in [0.15, 0.2) is 0 Å². The van der Waals surface area contributed by atoms with Gasteiger partial charge < -0.3 is 9.32 Å². The predicted molar refractivity (Wildman–Crippen MR) is 206 cm³/mol. The highest BCUT2D eigenvalue weighted by Gasteiger charge is 2.23. The first-order valence-electron chi connectivity index (χ1n) is 17.2. The molecule has 1 atom stereocenters. The molecule has 8 rings (SSSR count). The van der Waals surface area contributed by atoms with Gasteiger partial charge in [0.2, 0.25) is 0 Å². The molecule has 5 aromatic carbocycles. The molecule has 2 heteroatoms. The number of rotatable bonds is 5. The van der Waals surface area contributed by atoms with Gasteiger partial charge in [-0.25, -0.2) is 0 Å². The highest BCUT2D eigenvalue weighted by atomic mass is 16.3. The van der Waals surface area contributed by atoms with Gasteiger partial charge in [0.25, 0.3) is 0 Å². The summed E-state index contributed by atoms with van der Waals surface area (Å²) in [5.74, 6) is 0.536. The third-order valence-electron chi connectivity index (χ3n) is 10.2. The van der Waals surface area contributed by atoms with Crippen molar-refractivity contribution in [3.8, 4) is 22.3 Å². The van der Waals surface area contributed by atoms with Crippen molar-refractivity contribution < 1.29 is 4.42 Å². The maximum atomic E-state index is 6.89. The molecule has 0 saturated carbocycles. The van der Waals surface area contributed by atoms with Crippen LogP contribution in [-0.2, 0) is 6.42 Å². The Kier molecular flexibility index (Phi) is 7.53. The Hall–Kier alpha value is -5.34. The number of anilines is 2. The number of para-hydroxylation sites is 1. The quantitative estimate of drug-likeness (QED) is 0.190. The minimum Gasteiger partial charge on any atom is -0.455 e. The third kappa shape index (κ3) is 5.04. The molecule has 0 saturated heterocycles. The van der Waals surface area contributed by atoms with Crippen molar-refractivity contribution in [3.05, 3.63) is 155 Å². The zero-order valence-electron chi connectivity index (χ0n) is 28.3. The Balaban J connectivity index is 1.41. The largest absolute Gasteiger partial charge is 0.455 e. The summed E-state index contributed by atoms with van der Waals surface area (Å²) in [7, 11) is 0. The second-order valence-electron chi connectivity index (χ2n) is 13.5. The predicted octanol–water partition coefficient (Wildman–Crippen LogP) is 13.2. The van der Waals surface area contributed by atoms with Gasteiger partial charge in [0.05, 0.1) is 5.69 Å². The summed E-state index contributed by atoms with van der Waals surface area (Å²) >= 11 is 0. The van der Waals surface area contributed by atoms with E-state index in [1.807, 2.05) is 0 Å². The van der Waals surface area contributed by atoms with Crippen LogP contribution in [0.2, 0.25) is 0 Å². The fraction of sp³-hybridized carbons (Fsp3) is 0.174. The van der Waals surface area contributed by atoms with Crippen LogP contribution in [0.4, 0.5) is 11.4 Å². The summed E-state index contributed by atoms with van der Waals surface area (Å²) in [6.07, 6.45) is 16.2. The number of nitrogens with zero attached hydrogens (tertiary/aromatic N) is 1. The summed E-state index contributed by atoms with van der Waals surface area (Å²) in [5.41, 5.74) is 17.8. The molecule has 0 bridgehead atoms. The number of benzene rings is 5. The van der Waals surface area contributed by atoms with Crippen LogP contribution in [-0.4, -0.2) is 0 Å².